The van der Waals surface area contributed by atoms with Gasteiger partial charge in [-0.1, -0.05) is 18.2 Å². The summed E-state index contributed by atoms with van der Waals surface area (Å²) in [5, 5.41) is 7.81. The van der Waals surface area contributed by atoms with Crippen molar-refractivity contribution in [2.24, 2.45) is 7.05 Å². The molecule has 21 heavy (non-hydrogen) atoms. The zero-order valence-electron chi connectivity index (χ0n) is 12.9. The maximum atomic E-state index is 4.22. The van der Waals surface area contributed by atoms with Crippen LogP contribution in [-0.4, -0.2) is 29.4 Å². The number of nitrogens with one attached hydrogen (secondary N) is 1. The summed E-state index contributed by atoms with van der Waals surface area (Å²) in [6, 6.07) is 11.2. The lowest BCUT2D eigenvalue weighted by Gasteiger charge is -2.20. The van der Waals surface area contributed by atoms with Gasteiger partial charge in [-0.2, -0.15) is 5.10 Å². The van der Waals surface area contributed by atoms with Gasteiger partial charge in [0.05, 0.1) is 5.69 Å². The normalized spacial score (nSPS) is 15.2. The van der Waals surface area contributed by atoms with Gasteiger partial charge in [0.25, 0.3) is 0 Å². The molecule has 4 nitrogen and oxygen atoms in total. The molecule has 0 radical (unpaired) electrons. The minimum atomic E-state index is 0.350. The Morgan fingerprint density at radius 2 is 2.14 bits per heavy atom. The highest BCUT2D eigenvalue weighted by atomic mass is 15.3. The quantitative estimate of drug-likeness (QED) is 0.828. The summed E-state index contributed by atoms with van der Waals surface area (Å²) in [5.74, 6) is 0. The number of fused-ring (bicyclic) bond motifs is 1. The molecule has 0 fully saturated rings. The van der Waals surface area contributed by atoms with Gasteiger partial charge in [0, 0.05) is 38.1 Å². The van der Waals surface area contributed by atoms with Crippen molar-refractivity contribution in [1.82, 2.24) is 15.1 Å². The first-order valence-corrected chi connectivity index (χ1v) is 7.80. The Morgan fingerprint density at radius 3 is 2.95 bits per heavy atom. The molecule has 2 aromatic rings. The topological polar surface area (TPSA) is 33.1 Å². The van der Waals surface area contributed by atoms with Gasteiger partial charge in [-0.15, -0.1) is 0 Å². The van der Waals surface area contributed by atoms with Crippen molar-refractivity contribution in [3.05, 3.63) is 47.8 Å². The molecule has 1 atom stereocenters. The molecule has 0 amide bonds. The number of nitrogens with zero attached hydrogens (tertiary/aromatic N) is 3. The fraction of sp³-hybridized carbons (Fsp3) is 0.471. The van der Waals surface area contributed by atoms with E-state index in [-0.39, 0.29) is 0 Å². The Balaban J connectivity index is 1.44. The summed E-state index contributed by atoms with van der Waals surface area (Å²) >= 11 is 0. The fourth-order valence-corrected chi connectivity index (χ4v) is 3.14. The number of hydrogen-bond donors (Lipinski definition) is 1. The second-order valence-corrected chi connectivity index (χ2v) is 5.77. The van der Waals surface area contributed by atoms with Gasteiger partial charge in [-0.05, 0) is 44.0 Å². The molecule has 0 aliphatic carbocycles. The maximum Gasteiger partial charge on any atom is 0.0547 e. The standard InChI is InChI=1S/C17H24N4/c1-14(16-8-11-19-20(16)2)18-10-5-12-21-13-9-15-6-3-4-7-17(15)21/h3-4,6-8,11,14,18H,5,9-10,12-13H2,1-2H3. The van der Waals surface area contributed by atoms with E-state index in [0.29, 0.717) is 6.04 Å². The van der Waals surface area contributed by atoms with Crippen LogP contribution in [0.3, 0.4) is 0 Å². The Labute approximate surface area is 126 Å². The molecule has 0 saturated heterocycles. The lowest BCUT2D eigenvalue weighted by molar-refractivity contribution is 0.520. The molecule has 1 unspecified atom stereocenters. The van der Waals surface area contributed by atoms with Crippen LogP contribution in [0, 0.1) is 0 Å². The van der Waals surface area contributed by atoms with Crippen molar-refractivity contribution >= 4 is 5.69 Å². The van der Waals surface area contributed by atoms with E-state index in [1.165, 1.54) is 23.4 Å². The van der Waals surface area contributed by atoms with Crippen LogP contribution in [-0.2, 0) is 13.5 Å². The first-order chi connectivity index (χ1) is 10.3. The number of anilines is 1. The van der Waals surface area contributed by atoms with E-state index in [4.69, 9.17) is 0 Å². The van der Waals surface area contributed by atoms with E-state index in [1.54, 1.807) is 0 Å². The molecule has 0 bridgehead atoms. The van der Waals surface area contributed by atoms with Crippen LogP contribution in [0.2, 0.25) is 0 Å². The number of aryl methyl sites for hydroxylation is 1. The minimum Gasteiger partial charge on any atom is -0.371 e. The zero-order valence-corrected chi connectivity index (χ0v) is 12.9. The smallest absolute Gasteiger partial charge is 0.0547 e. The molecule has 0 saturated carbocycles. The van der Waals surface area contributed by atoms with Gasteiger partial charge in [0.15, 0.2) is 0 Å². The third kappa shape index (κ3) is 3.10. The predicted octanol–water partition coefficient (Wildman–Crippen LogP) is 2.52. The fourth-order valence-electron chi connectivity index (χ4n) is 3.14. The molecule has 1 N–H and O–H groups in total. The highest BCUT2D eigenvalue weighted by molar-refractivity contribution is 5.57. The monoisotopic (exact) mass is 284 g/mol. The van der Waals surface area contributed by atoms with Crippen LogP contribution >= 0.6 is 0 Å². The van der Waals surface area contributed by atoms with E-state index in [9.17, 15) is 0 Å². The zero-order chi connectivity index (χ0) is 14.7. The van der Waals surface area contributed by atoms with E-state index < -0.39 is 0 Å². The molecule has 0 spiro atoms. The molecular weight excluding hydrogens is 260 g/mol. The van der Waals surface area contributed by atoms with E-state index in [0.717, 1.165) is 26.1 Å². The second-order valence-electron chi connectivity index (χ2n) is 5.77. The van der Waals surface area contributed by atoms with Crippen molar-refractivity contribution in [3.8, 4) is 0 Å². The van der Waals surface area contributed by atoms with Gasteiger partial charge in [-0.25, -0.2) is 0 Å². The Hall–Kier alpha value is -1.81. The second kappa shape index (κ2) is 6.31. The summed E-state index contributed by atoms with van der Waals surface area (Å²) in [6.45, 7) is 5.52. The summed E-state index contributed by atoms with van der Waals surface area (Å²) in [4.78, 5) is 2.51. The average Bonchev–Trinajstić information content (AvgIpc) is 3.10. The Kier molecular flexibility index (Phi) is 4.25. The third-order valence-corrected chi connectivity index (χ3v) is 4.34. The summed E-state index contributed by atoms with van der Waals surface area (Å²) in [7, 11) is 1.99. The molecule has 3 rings (SSSR count). The van der Waals surface area contributed by atoms with E-state index in [2.05, 4.69) is 52.6 Å². The van der Waals surface area contributed by atoms with Crippen LogP contribution in [0.25, 0.3) is 0 Å². The molecule has 2 heterocycles. The summed E-state index contributed by atoms with van der Waals surface area (Å²) in [5.41, 5.74) is 4.16. The SMILES string of the molecule is CC(NCCCN1CCc2ccccc21)c1ccnn1C. The number of aromatic nitrogens is 2. The molecule has 1 aliphatic heterocycles. The molecular formula is C17H24N4. The summed E-state index contributed by atoms with van der Waals surface area (Å²) < 4.78 is 1.94. The highest BCUT2D eigenvalue weighted by Gasteiger charge is 2.17. The molecule has 1 aromatic heterocycles. The van der Waals surface area contributed by atoms with Gasteiger partial charge >= 0.3 is 0 Å². The van der Waals surface area contributed by atoms with Gasteiger partial charge in [-0.3, -0.25) is 4.68 Å². The van der Waals surface area contributed by atoms with Gasteiger partial charge in [0.1, 0.15) is 0 Å². The van der Waals surface area contributed by atoms with E-state index >= 15 is 0 Å². The number of rotatable bonds is 6. The minimum absolute atomic E-state index is 0.350. The lowest BCUT2D eigenvalue weighted by atomic mass is 10.2. The summed E-state index contributed by atoms with van der Waals surface area (Å²) in [6.07, 6.45) is 4.21. The first kappa shape index (κ1) is 14.1. The number of hydrogen-bond acceptors (Lipinski definition) is 3. The average molecular weight is 284 g/mol. The third-order valence-electron chi connectivity index (χ3n) is 4.34. The largest absolute Gasteiger partial charge is 0.371 e. The van der Waals surface area contributed by atoms with Crippen molar-refractivity contribution in [2.45, 2.75) is 25.8 Å². The van der Waals surface area contributed by atoms with Crippen molar-refractivity contribution in [3.63, 3.8) is 0 Å². The van der Waals surface area contributed by atoms with Crippen LogP contribution < -0.4 is 10.2 Å². The molecule has 4 heteroatoms. The van der Waals surface area contributed by atoms with Crippen LogP contribution in [0.15, 0.2) is 36.5 Å². The first-order valence-electron chi connectivity index (χ1n) is 7.80. The Bertz CT molecular complexity index is 590. The predicted molar refractivity (Wildman–Crippen MR) is 86.6 cm³/mol. The lowest BCUT2D eigenvalue weighted by Crippen LogP contribution is -2.27. The molecule has 1 aromatic carbocycles. The maximum absolute atomic E-state index is 4.22. The highest BCUT2D eigenvalue weighted by Crippen LogP contribution is 2.27. The van der Waals surface area contributed by atoms with Crippen molar-refractivity contribution < 1.29 is 0 Å². The van der Waals surface area contributed by atoms with Gasteiger partial charge in [0.2, 0.25) is 0 Å². The molecule has 1 aliphatic rings. The van der Waals surface area contributed by atoms with Crippen LogP contribution in [0.5, 0.6) is 0 Å². The molecule has 112 valence electrons. The van der Waals surface area contributed by atoms with Gasteiger partial charge < -0.3 is 10.2 Å². The van der Waals surface area contributed by atoms with E-state index in [1.807, 2.05) is 17.9 Å². The van der Waals surface area contributed by atoms with Crippen molar-refractivity contribution in [1.29, 1.82) is 0 Å². The van der Waals surface area contributed by atoms with Crippen LogP contribution in [0.4, 0.5) is 5.69 Å². The van der Waals surface area contributed by atoms with Crippen LogP contribution in [0.1, 0.15) is 30.6 Å². The number of para-hydroxylation sites is 1. The number of benzene rings is 1. The van der Waals surface area contributed by atoms with Crippen molar-refractivity contribution in [2.75, 3.05) is 24.5 Å². The Morgan fingerprint density at radius 1 is 1.29 bits per heavy atom.